The Morgan fingerprint density at radius 2 is 2.06 bits per heavy atom. The van der Waals surface area contributed by atoms with Gasteiger partial charge < -0.3 is 5.73 Å². The summed E-state index contributed by atoms with van der Waals surface area (Å²) in [5, 5.41) is 0. The zero-order valence-corrected chi connectivity index (χ0v) is 11.8. The van der Waals surface area contributed by atoms with Gasteiger partial charge >= 0.3 is 0 Å². The minimum Gasteiger partial charge on any atom is -0.330 e. The molecule has 3 heteroatoms. The summed E-state index contributed by atoms with van der Waals surface area (Å²) >= 11 is 0. The van der Waals surface area contributed by atoms with Crippen molar-refractivity contribution in [2.24, 2.45) is 11.1 Å². The first-order valence-corrected chi connectivity index (χ1v) is 7.42. The van der Waals surface area contributed by atoms with E-state index in [9.17, 15) is 4.21 Å². The third kappa shape index (κ3) is 5.00. The van der Waals surface area contributed by atoms with E-state index in [1.165, 1.54) is 0 Å². The maximum atomic E-state index is 12.1. The lowest BCUT2D eigenvalue weighted by Gasteiger charge is -2.21. The molecule has 0 aliphatic rings. The summed E-state index contributed by atoms with van der Waals surface area (Å²) in [7, 11) is -0.871. The van der Waals surface area contributed by atoms with Gasteiger partial charge in [0.15, 0.2) is 0 Å². The van der Waals surface area contributed by atoms with Crippen molar-refractivity contribution in [3.8, 4) is 0 Å². The Morgan fingerprint density at radius 3 is 2.65 bits per heavy atom. The second kappa shape index (κ2) is 6.31. The normalized spacial score (nSPS) is 13.6. The molecule has 0 saturated heterocycles. The van der Waals surface area contributed by atoms with Crippen LogP contribution in [-0.2, 0) is 10.8 Å². The molecule has 1 aromatic carbocycles. The SMILES string of the molecule is Cc1cccc(S(=O)CCCC(C)(C)CN)c1. The summed E-state index contributed by atoms with van der Waals surface area (Å²) in [6.07, 6.45) is 1.99. The highest BCUT2D eigenvalue weighted by molar-refractivity contribution is 7.85. The first-order chi connectivity index (χ1) is 7.94. The van der Waals surface area contributed by atoms with Crippen LogP contribution in [0.4, 0.5) is 0 Å². The Kier molecular flexibility index (Phi) is 5.34. The molecular formula is C14H23NOS. The van der Waals surface area contributed by atoms with Crippen LogP contribution >= 0.6 is 0 Å². The van der Waals surface area contributed by atoms with E-state index < -0.39 is 10.8 Å². The smallest absolute Gasteiger partial charge is 0.0529 e. The Labute approximate surface area is 107 Å². The van der Waals surface area contributed by atoms with Gasteiger partial charge in [0.25, 0.3) is 0 Å². The number of benzene rings is 1. The zero-order valence-electron chi connectivity index (χ0n) is 11.0. The summed E-state index contributed by atoms with van der Waals surface area (Å²) in [5.74, 6) is 0.729. The van der Waals surface area contributed by atoms with E-state index in [-0.39, 0.29) is 5.41 Å². The number of aryl methyl sites for hydroxylation is 1. The minimum atomic E-state index is -0.871. The van der Waals surface area contributed by atoms with Gasteiger partial charge in [0.1, 0.15) is 0 Å². The molecule has 0 fully saturated rings. The molecule has 0 saturated carbocycles. The average Bonchev–Trinajstić information content (AvgIpc) is 2.28. The van der Waals surface area contributed by atoms with Crippen molar-refractivity contribution in [3.05, 3.63) is 29.8 Å². The molecule has 1 rings (SSSR count). The van der Waals surface area contributed by atoms with Crippen molar-refractivity contribution in [3.63, 3.8) is 0 Å². The molecule has 96 valence electrons. The van der Waals surface area contributed by atoms with Crippen molar-refractivity contribution in [1.29, 1.82) is 0 Å². The van der Waals surface area contributed by atoms with Gasteiger partial charge in [-0.05, 0) is 49.4 Å². The molecule has 0 spiro atoms. The number of nitrogens with two attached hydrogens (primary N) is 1. The molecule has 2 N–H and O–H groups in total. The van der Waals surface area contributed by atoms with Crippen molar-refractivity contribution in [1.82, 2.24) is 0 Å². The maximum absolute atomic E-state index is 12.1. The van der Waals surface area contributed by atoms with Crippen LogP contribution in [0, 0.1) is 12.3 Å². The lowest BCUT2D eigenvalue weighted by Crippen LogP contribution is -2.23. The van der Waals surface area contributed by atoms with E-state index in [0.29, 0.717) is 6.54 Å². The van der Waals surface area contributed by atoms with Crippen LogP contribution in [-0.4, -0.2) is 16.5 Å². The fraction of sp³-hybridized carbons (Fsp3) is 0.571. The standard InChI is InChI=1S/C14H23NOS/c1-12-6-4-7-13(10-12)17(16)9-5-8-14(2,3)11-15/h4,6-7,10H,5,8-9,11,15H2,1-3H3. The van der Waals surface area contributed by atoms with Crippen LogP contribution in [0.15, 0.2) is 29.2 Å². The van der Waals surface area contributed by atoms with Gasteiger partial charge in [0, 0.05) is 10.6 Å². The summed E-state index contributed by atoms with van der Waals surface area (Å²) in [4.78, 5) is 0.940. The fourth-order valence-electron chi connectivity index (χ4n) is 1.66. The third-order valence-electron chi connectivity index (χ3n) is 2.99. The predicted octanol–water partition coefficient (Wildman–Crippen LogP) is 2.87. The molecular weight excluding hydrogens is 230 g/mol. The van der Waals surface area contributed by atoms with Crippen molar-refractivity contribution < 1.29 is 4.21 Å². The van der Waals surface area contributed by atoms with Gasteiger partial charge in [-0.1, -0.05) is 26.0 Å². The highest BCUT2D eigenvalue weighted by Gasteiger charge is 2.15. The summed E-state index contributed by atoms with van der Waals surface area (Å²) < 4.78 is 12.1. The number of hydrogen-bond donors (Lipinski definition) is 1. The maximum Gasteiger partial charge on any atom is 0.0529 e. The first-order valence-electron chi connectivity index (χ1n) is 6.10. The largest absolute Gasteiger partial charge is 0.330 e. The molecule has 1 aromatic rings. The molecule has 1 unspecified atom stereocenters. The molecule has 17 heavy (non-hydrogen) atoms. The topological polar surface area (TPSA) is 43.1 Å². The first kappa shape index (κ1) is 14.4. The van der Waals surface area contributed by atoms with Crippen molar-refractivity contribution >= 4 is 10.8 Å². The summed E-state index contributed by atoms with van der Waals surface area (Å²) in [5.41, 5.74) is 7.01. The monoisotopic (exact) mass is 253 g/mol. The molecule has 0 heterocycles. The van der Waals surface area contributed by atoms with Crippen molar-refractivity contribution in [2.45, 2.75) is 38.5 Å². The molecule has 0 bridgehead atoms. The molecule has 2 nitrogen and oxygen atoms in total. The van der Waals surface area contributed by atoms with Crippen LogP contribution in [0.3, 0.4) is 0 Å². The van der Waals surface area contributed by atoms with Crippen LogP contribution in [0.2, 0.25) is 0 Å². The third-order valence-corrected chi connectivity index (χ3v) is 4.43. The minimum absolute atomic E-state index is 0.163. The fourth-order valence-corrected chi connectivity index (χ4v) is 2.85. The Bertz CT molecular complexity index is 388. The highest BCUT2D eigenvalue weighted by atomic mass is 32.2. The Balaban J connectivity index is 2.46. The summed E-state index contributed by atoms with van der Waals surface area (Å²) in [6, 6.07) is 7.94. The average molecular weight is 253 g/mol. The quantitative estimate of drug-likeness (QED) is 0.847. The lowest BCUT2D eigenvalue weighted by atomic mass is 9.88. The zero-order chi connectivity index (χ0) is 12.9. The number of rotatable bonds is 6. The Morgan fingerprint density at radius 1 is 1.35 bits per heavy atom. The van der Waals surface area contributed by atoms with Crippen LogP contribution in [0.25, 0.3) is 0 Å². The van der Waals surface area contributed by atoms with Gasteiger partial charge in [0.2, 0.25) is 0 Å². The predicted molar refractivity (Wildman–Crippen MR) is 74.5 cm³/mol. The van der Waals surface area contributed by atoms with Gasteiger partial charge in [-0.3, -0.25) is 4.21 Å². The molecule has 1 atom stereocenters. The van der Waals surface area contributed by atoms with Crippen LogP contribution < -0.4 is 5.73 Å². The van der Waals surface area contributed by atoms with E-state index in [0.717, 1.165) is 29.1 Å². The van der Waals surface area contributed by atoms with Gasteiger partial charge in [-0.25, -0.2) is 0 Å². The molecule has 0 aliphatic heterocycles. The van der Waals surface area contributed by atoms with Gasteiger partial charge in [0.05, 0.1) is 10.8 Å². The molecule has 0 radical (unpaired) electrons. The second-order valence-electron chi connectivity index (χ2n) is 5.34. The Hall–Kier alpha value is -0.670. The van der Waals surface area contributed by atoms with Gasteiger partial charge in [-0.2, -0.15) is 0 Å². The van der Waals surface area contributed by atoms with Crippen LogP contribution in [0.1, 0.15) is 32.3 Å². The number of hydrogen-bond acceptors (Lipinski definition) is 2. The molecule has 0 amide bonds. The second-order valence-corrected chi connectivity index (χ2v) is 6.91. The molecule has 0 aromatic heterocycles. The lowest BCUT2D eigenvalue weighted by molar-refractivity contribution is 0.344. The van der Waals surface area contributed by atoms with E-state index >= 15 is 0 Å². The van der Waals surface area contributed by atoms with E-state index in [2.05, 4.69) is 13.8 Å². The summed E-state index contributed by atoms with van der Waals surface area (Å²) in [6.45, 7) is 7.02. The van der Waals surface area contributed by atoms with E-state index in [4.69, 9.17) is 5.73 Å². The van der Waals surface area contributed by atoms with E-state index in [1.807, 2.05) is 31.2 Å². The molecule has 0 aliphatic carbocycles. The highest BCUT2D eigenvalue weighted by Crippen LogP contribution is 2.21. The van der Waals surface area contributed by atoms with E-state index in [1.54, 1.807) is 0 Å². The van der Waals surface area contributed by atoms with Crippen LogP contribution in [0.5, 0.6) is 0 Å². The van der Waals surface area contributed by atoms with Gasteiger partial charge in [-0.15, -0.1) is 0 Å². The van der Waals surface area contributed by atoms with Crippen molar-refractivity contribution in [2.75, 3.05) is 12.3 Å².